The topological polar surface area (TPSA) is 34.9 Å². The summed E-state index contributed by atoms with van der Waals surface area (Å²) in [6.45, 7) is 0. The summed E-state index contributed by atoms with van der Waals surface area (Å²) in [6, 6.07) is 9.82. The van der Waals surface area contributed by atoms with E-state index < -0.39 is 11.6 Å². The molecule has 0 amide bonds. The van der Waals surface area contributed by atoms with Crippen molar-refractivity contribution in [1.82, 2.24) is 9.78 Å². The molecule has 23 heavy (non-hydrogen) atoms. The molecule has 0 aliphatic carbocycles. The van der Waals surface area contributed by atoms with Gasteiger partial charge in [0.2, 0.25) is 0 Å². The van der Waals surface area contributed by atoms with Crippen LogP contribution in [0.4, 0.5) is 8.78 Å². The zero-order chi connectivity index (χ0) is 16.6. The van der Waals surface area contributed by atoms with Gasteiger partial charge in [0.15, 0.2) is 6.29 Å². The molecule has 0 unspecified atom stereocenters. The van der Waals surface area contributed by atoms with Crippen molar-refractivity contribution in [2.45, 2.75) is 0 Å². The number of benzene rings is 2. The van der Waals surface area contributed by atoms with Crippen LogP contribution in [-0.2, 0) is 0 Å². The van der Waals surface area contributed by atoms with Crippen molar-refractivity contribution in [2.75, 3.05) is 0 Å². The molecule has 3 aromatic rings. The summed E-state index contributed by atoms with van der Waals surface area (Å²) in [6.07, 6.45) is 0.580. The van der Waals surface area contributed by atoms with E-state index in [4.69, 9.17) is 11.6 Å². The summed E-state index contributed by atoms with van der Waals surface area (Å²) in [4.78, 5) is 11.4. The molecule has 0 saturated carbocycles. The molecule has 3 rings (SSSR count). The van der Waals surface area contributed by atoms with E-state index in [0.717, 1.165) is 18.2 Å². The van der Waals surface area contributed by atoms with Gasteiger partial charge in [0, 0.05) is 16.7 Å². The first-order valence-corrected chi connectivity index (χ1v) is 7.63. The minimum atomic E-state index is -0.745. The Kier molecular flexibility index (Phi) is 4.28. The fourth-order valence-electron chi connectivity index (χ4n) is 2.20. The summed E-state index contributed by atoms with van der Waals surface area (Å²) < 4.78 is 28.7. The molecule has 116 valence electrons. The highest BCUT2D eigenvalue weighted by Gasteiger charge is 2.19. The lowest BCUT2D eigenvalue weighted by Gasteiger charge is -2.03. The van der Waals surface area contributed by atoms with Gasteiger partial charge in [0.05, 0.1) is 11.3 Å². The van der Waals surface area contributed by atoms with E-state index in [2.05, 4.69) is 21.0 Å². The third kappa shape index (κ3) is 3.04. The third-order valence-electron chi connectivity index (χ3n) is 3.17. The first-order valence-electron chi connectivity index (χ1n) is 6.45. The summed E-state index contributed by atoms with van der Waals surface area (Å²) in [5.41, 5.74) is 1.14. The number of hydrogen-bond acceptors (Lipinski definition) is 2. The molecule has 0 N–H and O–H groups in total. The summed E-state index contributed by atoms with van der Waals surface area (Å²) in [5, 5.41) is 4.79. The number of rotatable bonds is 3. The molecule has 0 saturated heterocycles. The Hall–Kier alpha value is -2.05. The Morgan fingerprint density at radius 3 is 2.43 bits per heavy atom. The zero-order valence-corrected chi connectivity index (χ0v) is 13.8. The van der Waals surface area contributed by atoms with Crippen LogP contribution in [0.2, 0.25) is 5.02 Å². The highest BCUT2D eigenvalue weighted by Crippen LogP contribution is 2.31. The number of halogens is 4. The van der Waals surface area contributed by atoms with Crippen LogP contribution in [0.25, 0.3) is 16.9 Å². The fourth-order valence-corrected chi connectivity index (χ4v) is 2.95. The Bertz CT molecular complexity index is 891. The van der Waals surface area contributed by atoms with Gasteiger partial charge in [-0.2, -0.15) is 5.10 Å². The summed E-state index contributed by atoms with van der Waals surface area (Å²) in [5.74, 6) is -1.49. The maximum atomic E-state index is 13.4. The molecule has 7 heteroatoms. The van der Waals surface area contributed by atoms with Crippen LogP contribution in [0.15, 0.2) is 47.1 Å². The van der Waals surface area contributed by atoms with Crippen LogP contribution in [0, 0.1) is 11.6 Å². The predicted molar refractivity (Wildman–Crippen MR) is 87.0 cm³/mol. The molecule has 0 spiro atoms. The van der Waals surface area contributed by atoms with Crippen molar-refractivity contribution in [3.05, 3.63) is 69.3 Å². The van der Waals surface area contributed by atoms with E-state index >= 15 is 0 Å². The van der Waals surface area contributed by atoms with E-state index in [-0.39, 0.29) is 16.8 Å². The summed E-state index contributed by atoms with van der Waals surface area (Å²) in [7, 11) is 0. The van der Waals surface area contributed by atoms with E-state index in [0.29, 0.717) is 21.6 Å². The molecular formula is C16H8BrClF2N2O. The molecule has 0 radical (unpaired) electrons. The van der Waals surface area contributed by atoms with Crippen LogP contribution < -0.4 is 0 Å². The molecule has 1 aromatic heterocycles. The molecular weight excluding hydrogens is 390 g/mol. The molecule has 3 nitrogen and oxygen atoms in total. The first-order chi connectivity index (χ1) is 11.0. The number of carbonyl (C=O) groups excluding carboxylic acids is 1. The molecule has 0 bridgehead atoms. The average molecular weight is 398 g/mol. The third-order valence-corrected chi connectivity index (χ3v) is 4.17. The number of aldehydes is 1. The maximum absolute atomic E-state index is 13.4. The van der Waals surface area contributed by atoms with E-state index in [1.54, 1.807) is 24.3 Å². The standard InChI is InChI=1S/C16H8BrClF2N2O/c17-16-14(8-23)15(9-4-11(19)7-12(20)5-9)21-22(16)13-3-1-2-10(18)6-13/h1-8H. The second kappa shape index (κ2) is 6.22. The van der Waals surface area contributed by atoms with Crippen molar-refractivity contribution in [3.63, 3.8) is 0 Å². The summed E-state index contributed by atoms with van der Waals surface area (Å²) >= 11 is 9.26. The minimum Gasteiger partial charge on any atom is -0.298 e. The molecule has 2 aromatic carbocycles. The number of aromatic nitrogens is 2. The molecule has 0 atom stereocenters. The number of nitrogens with zero attached hydrogens (tertiary/aromatic N) is 2. The Labute approximate surface area is 143 Å². The van der Waals surface area contributed by atoms with E-state index in [9.17, 15) is 13.6 Å². The van der Waals surface area contributed by atoms with Gasteiger partial charge >= 0.3 is 0 Å². The van der Waals surface area contributed by atoms with E-state index in [1.807, 2.05) is 0 Å². The van der Waals surface area contributed by atoms with Crippen LogP contribution in [0.3, 0.4) is 0 Å². The van der Waals surface area contributed by atoms with Crippen LogP contribution >= 0.6 is 27.5 Å². The van der Waals surface area contributed by atoms with E-state index in [1.165, 1.54) is 4.68 Å². The van der Waals surface area contributed by atoms with Crippen molar-refractivity contribution in [2.24, 2.45) is 0 Å². The monoisotopic (exact) mass is 396 g/mol. The highest BCUT2D eigenvalue weighted by molar-refractivity contribution is 9.10. The second-order valence-corrected chi connectivity index (χ2v) is 5.91. The largest absolute Gasteiger partial charge is 0.298 e. The zero-order valence-electron chi connectivity index (χ0n) is 11.4. The van der Waals surface area contributed by atoms with Crippen molar-refractivity contribution in [1.29, 1.82) is 0 Å². The van der Waals surface area contributed by atoms with Gasteiger partial charge < -0.3 is 0 Å². The Morgan fingerprint density at radius 1 is 1.13 bits per heavy atom. The minimum absolute atomic E-state index is 0.172. The Morgan fingerprint density at radius 2 is 1.83 bits per heavy atom. The van der Waals surface area contributed by atoms with Gasteiger partial charge in [0.25, 0.3) is 0 Å². The lowest BCUT2D eigenvalue weighted by Crippen LogP contribution is -1.97. The predicted octanol–water partition coefficient (Wildman–Crippen LogP) is 5.05. The first kappa shape index (κ1) is 15.8. The smallest absolute Gasteiger partial charge is 0.155 e. The van der Waals surface area contributed by atoms with Gasteiger partial charge in [-0.25, -0.2) is 13.5 Å². The molecule has 0 fully saturated rings. The van der Waals surface area contributed by atoms with Gasteiger partial charge in [-0.15, -0.1) is 0 Å². The van der Waals surface area contributed by atoms with Crippen LogP contribution in [0.1, 0.15) is 10.4 Å². The van der Waals surface area contributed by atoms with Crippen molar-refractivity contribution < 1.29 is 13.6 Å². The lowest BCUT2D eigenvalue weighted by molar-refractivity contribution is 0.112. The average Bonchev–Trinajstić information content (AvgIpc) is 2.83. The van der Waals surface area contributed by atoms with Crippen LogP contribution in [-0.4, -0.2) is 16.1 Å². The van der Waals surface area contributed by atoms with Crippen molar-refractivity contribution in [3.8, 4) is 16.9 Å². The van der Waals surface area contributed by atoms with Gasteiger partial charge in [-0.05, 0) is 46.3 Å². The second-order valence-electron chi connectivity index (χ2n) is 4.72. The molecule has 1 heterocycles. The van der Waals surface area contributed by atoms with Gasteiger partial charge in [-0.3, -0.25) is 4.79 Å². The molecule has 0 aliphatic heterocycles. The lowest BCUT2D eigenvalue weighted by atomic mass is 10.1. The number of hydrogen-bond donors (Lipinski definition) is 0. The molecule has 0 aliphatic rings. The van der Waals surface area contributed by atoms with Crippen molar-refractivity contribution >= 4 is 33.8 Å². The Balaban J connectivity index is 2.23. The maximum Gasteiger partial charge on any atom is 0.155 e. The quantitative estimate of drug-likeness (QED) is 0.580. The normalized spacial score (nSPS) is 10.8. The van der Waals surface area contributed by atoms with Crippen LogP contribution in [0.5, 0.6) is 0 Å². The van der Waals surface area contributed by atoms with Gasteiger partial charge in [0.1, 0.15) is 21.9 Å². The SMILES string of the molecule is O=Cc1c(-c2cc(F)cc(F)c2)nn(-c2cccc(Cl)c2)c1Br. The fraction of sp³-hybridized carbons (Fsp3) is 0. The van der Waals surface area contributed by atoms with Gasteiger partial charge in [-0.1, -0.05) is 17.7 Å². The number of carbonyl (C=O) groups is 1. The highest BCUT2D eigenvalue weighted by atomic mass is 79.9.